The Bertz CT molecular complexity index is 1080. The van der Waals surface area contributed by atoms with Gasteiger partial charge in [0.15, 0.2) is 6.10 Å². The van der Waals surface area contributed by atoms with E-state index in [0.29, 0.717) is 18.0 Å². The van der Waals surface area contributed by atoms with Crippen LogP contribution in [0.3, 0.4) is 0 Å². The lowest BCUT2D eigenvalue weighted by atomic mass is 10.0. The summed E-state index contributed by atoms with van der Waals surface area (Å²) >= 11 is 0. The van der Waals surface area contributed by atoms with E-state index in [1.54, 1.807) is 35.1 Å². The Morgan fingerprint density at radius 2 is 1.76 bits per heavy atom. The standard InChI is InChI=1S/C24H25F3N2O4/c1-15(14-33-20-10-4-17(5-11-20)12-22(32-3)23(30)31)21-13-29(28-16(21)2)19-8-6-18(7-9-19)24(25,26)27/h4-11,13,15,22H,12,14H2,1-3H3,(H,30,31). The van der Waals surface area contributed by atoms with Gasteiger partial charge in [-0.1, -0.05) is 19.1 Å². The van der Waals surface area contributed by atoms with E-state index in [4.69, 9.17) is 14.6 Å². The lowest BCUT2D eigenvalue weighted by Gasteiger charge is -2.14. The predicted octanol–water partition coefficient (Wildman–Crippen LogP) is 5.02. The molecule has 33 heavy (non-hydrogen) atoms. The van der Waals surface area contributed by atoms with Crippen molar-refractivity contribution in [3.05, 3.63) is 77.1 Å². The zero-order valence-electron chi connectivity index (χ0n) is 18.5. The second-order valence-electron chi connectivity index (χ2n) is 7.78. The number of benzene rings is 2. The molecule has 0 aliphatic carbocycles. The summed E-state index contributed by atoms with van der Waals surface area (Å²) in [4.78, 5) is 11.1. The molecule has 3 rings (SSSR count). The molecule has 2 unspecified atom stereocenters. The molecule has 0 fully saturated rings. The molecule has 6 nitrogen and oxygen atoms in total. The monoisotopic (exact) mass is 462 g/mol. The zero-order chi connectivity index (χ0) is 24.2. The van der Waals surface area contributed by atoms with Gasteiger partial charge in [-0.15, -0.1) is 0 Å². The summed E-state index contributed by atoms with van der Waals surface area (Å²) in [7, 11) is 1.36. The van der Waals surface area contributed by atoms with Crippen molar-refractivity contribution in [2.75, 3.05) is 13.7 Å². The Morgan fingerprint density at radius 1 is 1.12 bits per heavy atom. The van der Waals surface area contributed by atoms with Gasteiger partial charge in [0.2, 0.25) is 0 Å². The molecule has 0 saturated heterocycles. The highest BCUT2D eigenvalue weighted by atomic mass is 19.4. The molecule has 1 heterocycles. The van der Waals surface area contributed by atoms with Crippen molar-refractivity contribution < 1.29 is 32.5 Å². The molecule has 0 aliphatic heterocycles. The van der Waals surface area contributed by atoms with Gasteiger partial charge < -0.3 is 14.6 Å². The minimum absolute atomic E-state index is 0.0160. The SMILES string of the molecule is COC(Cc1ccc(OCC(C)c2cn(-c3ccc(C(F)(F)F)cc3)nc2C)cc1)C(=O)O. The van der Waals surface area contributed by atoms with Gasteiger partial charge in [-0.05, 0) is 54.4 Å². The number of rotatable bonds is 9. The van der Waals surface area contributed by atoms with Crippen LogP contribution in [0.4, 0.5) is 13.2 Å². The van der Waals surface area contributed by atoms with E-state index in [1.165, 1.54) is 19.2 Å². The Labute approximate surface area is 189 Å². The third kappa shape index (κ3) is 6.13. The predicted molar refractivity (Wildman–Crippen MR) is 116 cm³/mol. The molecule has 0 spiro atoms. The van der Waals surface area contributed by atoms with Gasteiger partial charge in [-0.2, -0.15) is 18.3 Å². The number of carboxylic acid groups (broad SMARTS) is 1. The number of aromatic nitrogens is 2. The van der Waals surface area contributed by atoms with Crippen molar-refractivity contribution in [2.24, 2.45) is 0 Å². The van der Waals surface area contributed by atoms with E-state index in [2.05, 4.69) is 5.10 Å². The third-order valence-corrected chi connectivity index (χ3v) is 5.33. The molecule has 0 radical (unpaired) electrons. The number of nitrogens with zero attached hydrogens (tertiary/aromatic N) is 2. The van der Waals surface area contributed by atoms with E-state index in [1.807, 2.05) is 13.8 Å². The van der Waals surface area contributed by atoms with Gasteiger partial charge in [0, 0.05) is 25.6 Å². The molecule has 1 aromatic heterocycles. The van der Waals surface area contributed by atoms with Crippen LogP contribution in [-0.4, -0.2) is 40.7 Å². The van der Waals surface area contributed by atoms with Crippen LogP contribution in [0, 0.1) is 6.92 Å². The summed E-state index contributed by atoms with van der Waals surface area (Å²) in [6.07, 6.45) is -3.23. The Morgan fingerprint density at radius 3 is 2.30 bits per heavy atom. The van der Waals surface area contributed by atoms with E-state index in [9.17, 15) is 18.0 Å². The van der Waals surface area contributed by atoms with Gasteiger partial charge in [0.05, 0.1) is 23.6 Å². The van der Waals surface area contributed by atoms with Gasteiger partial charge in [-0.25, -0.2) is 9.48 Å². The van der Waals surface area contributed by atoms with Crippen LogP contribution in [-0.2, 0) is 22.1 Å². The van der Waals surface area contributed by atoms with Crippen LogP contribution in [0.2, 0.25) is 0 Å². The van der Waals surface area contributed by atoms with Crippen LogP contribution in [0.1, 0.15) is 35.2 Å². The van der Waals surface area contributed by atoms with Gasteiger partial charge in [0.1, 0.15) is 5.75 Å². The maximum atomic E-state index is 12.8. The minimum atomic E-state index is -4.38. The number of alkyl halides is 3. The van der Waals surface area contributed by atoms with Crippen molar-refractivity contribution in [3.63, 3.8) is 0 Å². The molecule has 9 heteroatoms. The lowest BCUT2D eigenvalue weighted by Crippen LogP contribution is -2.24. The average molecular weight is 462 g/mol. The maximum absolute atomic E-state index is 12.8. The molecule has 2 aromatic carbocycles. The van der Waals surface area contributed by atoms with E-state index in [0.717, 1.165) is 29.0 Å². The van der Waals surface area contributed by atoms with E-state index < -0.39 is 23.8 Å². The first-order valence-electron chi connectivity index (χ1n) is 10.3. The summed E-state index contributed by atoms with van der Waals surface area (Å²) < 4.78 is 50.7. The molecule has 2 atom stereocenters. The molecule has 0 amide bonds. The first-order valence-corrected chi connectivity index (χ1v) is 10.3. The Balaban J connectivity index is 1.62. The summed E-state index contributed by atoms with van der Waals surface area (Å²) in [5.41, 5.74) is 2.34. The number of carboxylic acids is 1. The molecule has 0 bridgehead atoms. The summed E-state index contributed by atoms with van der Waals surface area (Å²) in [5, 5.41) is 13.5. The van der Waals surface area contributed by atoms with E-state index >= 15 is 0 Å². The average Bonchev–Trinajstić information content (AvgIpc) is 3.17. The van der Waals surface area contributed by atoms with Crippen molar-refractivity contribution in [1.29, 1.82) is 0 Å². The highest BCUT2D eigenvalue weighted by Gasteiger charge is 2.30. The highest BCUT2D eigenvalue weighted by molar-refractivity contribution is 5.72. The molecule has 0 aliphatic rings. The fraction of sp³-hybridized carbons (Fsp3) is 0.333. The van der Waals surface area contributed by atoms with Crippen LogP contribution in [0.5, 0.6) is 5.75 Å². The number of carbonyl (C=O) groups is 1. The second kappa shape index (κ2) is 10.1. The Hall–Kier alpha value is -3.33. The lowest BCUT2D eigenvalue weighted by molar-refractivity contribution is -0.148. The number of methoxy groups -OCH3 is 1. The van der Waals surface area contributed by atoms with Gasteiger partial charge in [0.25, 0.3) is 0 Å². The smallest absolute Gasteiger partial charge is 0.416 e. The van der Waals surface area contributed by atoms with Crippen molar-refractivity contribution in [2.45, 2.75) is 38.5 Å². The number of hydrogen-bond donors (Lipinski definition) is 1. The molecular weight excluding hydrogens is 437 g/mol. The molecular formula is C24H25F3N2O4. The highest BCUT2D eigenvalue weighted by Crippen LogP contribution is 2.30. The van der Waals surface area contributed by atoms with Crippen LogP contribution < -0.4 is 4.74 Å². The van der Waals surface area contributed by atoms with E-state index in [-0.39, 0.29) is 12.3 Å². The molecule has 1 N–H and O–H groups in total. The number of hydrogen-bond acceptors (Lipinski definition) is 4. The number of ether oxygens (including phenoxy) is 2. The van der Waals surface area contributed by atoms with Gasteiger partial charge >= 0.3 is 12.1 Å². The van der Waals surface area contributed by atoms with Gasteiger partial charge in [-0.3, -0.25) is 0 Å². The van der Waals surface area contributed by atoms with Crippen molar-refractivity contribution in [3.8, 4) is 11.4 Å². The van der Waals surface area contributed by atoms with Crippen molar-refractivity contribution >= 4 is 5.97 Å². The number of aryl methyl sites for hydroxylation is 1. The fourth-order valence-electron chi connectivity index (χ4n) is 3.41. The number of aliphatic carboxylic acids is 1. The number of halogens is 3. The molecule has 176 valence electrons. The van der Waals surface area contributed by atoms with Crippen LogP contribution in [0.15, 0.2) is 54.7 Å². The first-order chi connectivity index (χ1) is 15.6. The zero-order valence-corrected chi connectivity index (χ0v) is 18.5. The largest absolute Gasteiger partial charge is 0.493 e. The van der Waals surface area contributed by atoms with Crippen molar-refractivity contribution in [1.82, 2.24) is 9.78 Å². The normalized spacial score (nSPS) is 13.5. The molecule has 0 saturated carbocycles. The maximum Gasteiger partial charge on any atom is 0.416 e. The summed E-state index contributed by atoms with van der Waals surface area (Å²) in [6, 6.07) is 12.0. The Kier molecular flexibility index (Phi) is 7.43. The third-order valence-electron chi connectivity index (χ3n) is 5.33. The summed E-state index contributed by atoms with van der Waals surface area (Å²) in [5.74, 6) is -0.390. The van der Waals surface area contributed by atoms with Crippen LogP contribution in [0.25, 0.3) is 5.69 Å². The first kappa shape index (κ1) is 24.3. The molecule has 3 aromatic rings. The quantitative estimate of drug-likeness (QED) is 0.483. The topological polar surface area (TPSA) is 73.6 Å². The fourth-order valence-corrected chi connectivity index (χ4v) is 3.41. The van der Waals surface area contributed by atoms with Crippen LogP contribution >= 0.6 is 0 Å². The second-order valence-corrected chi connectivity index (χ2v) is 7.78. The minimum Gasteiger partial charge on any atom is -0.493 e. The summed E-state index contributed by atoms with van der Waals surface area (Å²) in [6.45, 7) is 4.19.